The van der Waals surface area contributed by atoms with Gasteiger partial charge in [0.25, 0.3) is 5.56 Å². The second-order valence-electron chi connectivity index (χ2n) is 7.63. The Labute approximate surface area is 183 Å². The van der Waals surface area contributed by atoms with Crippen LogP contribution in [0.4, 0.5) is 0 Å². The van der Waals surface area contributed by atoms with Gasteiger partial charge in [-0.2, -0.15) is 0 Å². The Morgan fingerprint density at radius 2 is 1.77 bits per heavy atom. The number of nitrogens with zero attached hydrogens (tertiary/aromatic N) is 2. The Morgan fingerprint density at radius 1 is 1.06 bits per heavy atom. The van der Waals surface area contributed by atoms with Crippen molar-refractivity contribution in [3.05, 3.63) is 86.0 Å². The fourth-order valence-electron chi connectivity index (χ4n) is 3.49. The molecule has 0 atom stereocenters. The molecule has 0 unspecified atom stereocenters. The van der Waals surface area contributed by atoms with E-state index < -0.39 is 0 Å². The topological polar surface area (TPSA) is 84.8 Å². The van der Waals surface area contributed by atoms with Crippen LogP contribution in [0.15, 0.2) is 64.3 Å². The summed E-state index contributed by atoms with van der Waals surface area (Å²) in [5.74, 6) is -0.248. The van der Waals surface area contributed by atoms with Gasteiger partial charge in [-0.3, -0.25) is 14.4 Å². The zero-order chi connectivity index (χ0) is 22.3. The third-order valence-electron chi connectivity index (χ3n) is 5.11. The van der Waals surface area contributed by atoms with Crippen LogP contribution in [-0.4, -0.2) is 20.3 Å². The van der Waals surface area contributed by atoms with E-state index in [9.17, 15) is 14.4 Å². The molecule has 31 heavy (non-hydrogen) atoms. The minimum Gasteiger partial charge on any atom is -0.337 e. The molecule has 0 saturated heterocycles. The highest BCUT2D eigenvalue weighted by Crippen LogP contribution is 2.33. The largest absolute Gasteiger partial charge is 0.337 e. The molecular formula is C24H20ClN3O3. The summed E-state index contributed by atoms with van der Waals surface area (Å²) in [5.41, 5.74) is 2.70. The maximum absolute atomic E-state index is 12.7. The predicted molar refractivity (Wildman–Crippen MR) is 123 cm³/mol. The summed E-state index contributed by atoms with van der Waals surface area (Å²) in [4.78, 5) is 44.7. The number of ketones is 1. The summed E-state index contributed by atoms with van der Waals surface area (Å²) in [6, 6.07) is 14.0. The lowest BCUT2D eigenvalue weighted by atomic mass is 9.98. The van der Waals surface area contributed by atoms with Crippen molar-refractivity contribution < 1.29 is 4.79 Å². The number of H-pyrrole nitrogens is 1. The van der Waals surface area contributed by atoms with Crippen LogP contribution >= 0.6 is 11.6 Å². The number of aromatic nitrogens is 3. The Bertz CT molecular complexity index is 1440. The maximum atomic E-state index is 12.7. The number of rotatable bonds is 4. The van der Waals surface area contributed by atoms with Gasteiger partial charge in [0.15, 0.2) is 11.2 Å². The van der Waals surface area contributed by atoms with Crippen LogP contribution in [0.1, 0.15) is 37.3 Å². The predicted octanol–water partition coefficient (Wildman–Crippen LogP) is 4.86. The highest BCUT2D eigenvalue weighted by atomic mass is 35.5. The van der Waals surface area contributed by atoms with Crippen molar-refractivity contribution in [2.24, 2.45) is 0 Å². The van der Waals surface area contributed by atoms with Crippen molar-refractivity contribution in [3.63, 3.8) is 0 Å². The van der Waals surface area contributed by atoms with Gasteiger partial charge < -0.3 is 9.55 Å². The molecule has 6 nitrogen and oxygen atoms in total. The Hall–Kier alpha value is -3.51. The second kappa shape index (κ2) is 7.96. The van der Waals surface area contributed by atoms with E-state index in [1.54, 1.807) is 22.9 Å². The molecule has 0 bridgehead atoms. The SMILES string of the molecule is CC(=O)c1cc(=O)c2cc(-c3cc(Cl)c(=O)n(C(C)C)c3)c(-c3ccccc3)nc2[nH]1. The number of halogens is 1. The van der Waals surface area contributed by atoms with Crippen LogP contribution in [-0.2, 0) is 0 Å². The van der Waals surface area contributed by atoms with Crippen molar-refractivity contribution in [1.82, 2.24) is 14.5 Å². The molecule has 0 spiro atoms. The van der Waals surface area contributed by atoms with Gasteiger partial charge in [0, 0.05) is 41.9 Å². The van der Waals surface area contributed by atoms with Crippen molar-refractivity contribution in [2.45, 2.75) is 26.8 Å². The summed E-state index contributed by atoms with van der Waals surface area (Å²) in [6.45, 7) is 5.18. The molecule has 4 aromatic rings. The van der Waals surface area contributed by atoms with E-state index in [0.29, 0.717) is 27.9 Å². The van der Waals surface area contributed by atoms with Gasteiger partial charge in [-0.05, 0) is 26.0 Å². The zero-order valence-electron chi connectivity index (χ0n) is 17.3. The van der Waals surface area contributed by atoms with Gasteiger partial charge in [-0.1, -0.05) is 41.9 Å². The number of fused-ring (bicyclic) bond motifs is 1. The van der Waals surface area contributed by atoms with Gasteiger partial charge in [-0.25, -0.2) is 4.98 Å². The van der Waals surface area contributed by atoms with E-state index >= 15 is 0 Å². The number of carbonyl (C=O) groups excluding carboxylic acids is 1. The lowest BCUT2D eigenvalue weighted by molar-refractivity contribution is 0.101. The quantitative estimate of drug-likeness (QED) is 0.466. The molecule has 7 heteroatoms. The van der Waals surface area contributed by atoms with Gasteiger partial charge in [0.05, 0.1) is 16.8 Å². The molecule has 156 valence electrons. The number of carbonyl (C=O) groups is 1. The van der Waals surface area contributed by atoms with Crippen molar-refractivity contribution in [2.75, 3.05) is 0 Å². The fraction of sp³-hybridized carbons (Fsp3) is 0.167. The smallest absolute Gasteiger partial charge is 0.269 e. The van der Waals surface area contributed by atoms with Crippen molar-refractivity contribution in [3.8, 4) is 22.4 Å². The molecule has 0 saturated carbocycles. The van der Waals surface area contributed by atoms with Crippen LogP contribution in [0.3, 0.4) is 0 Å². The number of hydrogen-bond acceptors (Lipinski definition) is 4. The molecule has 0 radical (unpaired) electrons. The summed E-state index contributed by atoms with van der Waals surface area (Å²) in [7, 11) is 0. The standard InChI is InChI=1S/C24H20ClN3O3/c1-13(2)28-12-16(9-19(25)24(28)31)17-10-18-21(30)11-20(14(3)29)26-23(18)27-22(17)15-7-5-4-6-8-15/h4-13H,1-3H3,(H,26,27,30). The summed E-state index contributed by atoms with van der Waals surface area (Å²) in [6.07, 6.45) is 1.73. The summed E-state index contributed by atoms with van der Waals surface area (Å²) >= 11 is 6.26. The monoisotopic (exact) mass is 433 g/mol. The lowest BCUT2D eigenvalue weighted by Gasteiger charge is -2.16. The third kappa shape index (κ3) is 3.82. The van der Waals surface area contributed by atoms with E-state index in [1.165, 1.54) is 13.0 Å². The molecular weight excluding hydrogens is 414 g/mol. The maximum Gasteiger partial charge on any atom is 0.269 e. The van der Waals surface area contributed by atoms with Gasteiger partial charge in [0.2, 0.25) is 0 Å². The molecule has 0 aliphatic heterocycles. The van der Waals surface area contributed by atoms with Crippen LogP contribution < -0.4 is 11.0 Å². The molecule has 3 heterocycles. The molecule has 0 aliphatic rings. The molecule has 0 aliphatic carbocycles. The zero-order valence-corrected chi connectivity index (χ0v) is 18.0. The van der Waals surface area contributed by atoms with Crippen molar-refractivity contribution >= 4 is 28.4 Å². The van der Waals surface area contributed by atoms with Gasteiger partial charge >= 0.3 is 0 Å². The number of hydrogen-bond donors (Lipinski definition) is 1. The minimum absolute atomic E-state index is 0.0890. The Kier molecular flexibility index (Phi) is 5.33. The first kappa shape index (κ1) is 20.8. The number of pyridine rings is 3. The molecule has 4 rings (SSSR count). The number of nitrogens with one attached hydrogen (secondary N) is 1. The van der Waals surface area contributed by atoms with Crippen LogP contribution in [0, 0.1) is 0 Å². The normalized spacial score (nSPS) is 11.3. The van der Waals surface area contributed by atoms with E-state index in [1.807, 2.05) is 44.2 Å². The van der Waals surface area contributed by atoms with E-state index in [4.69, 9.17) is 16.6 Å². The molecule has 1 N–H and O–H groups in total. The lowest BCUT2D eigenvalue weighted by Crippen LogP contribution is -2.21. The number of benzene rings is 1. The first-order valence-corrected chi connectivity index (χ1v) is 10.2. The number of aromatic amines is 1. The highest BCUT2D eigenvalue weighted by molar-refractivity contribution is 6.30. The summed E-state index contributed by atoms with van der Waals surface area (Å²) in [5, 5.41) is 0.434. The van der Waals surface area contributed by atoms with E-state index in [-0.39, 0.29) is 33.5 Å². The second-order valence-corrected chi connectivity index (χ2v) is 8.04. The first-order valence-electron chi connectivity index (χ1n) is 9.82. The number of Topliss-reactive ketones (excluding diaryl/α,β-unsaturated/α-hetero) is 1. The minimum atomic E-state index is -0.310. The van der Waals surface area contributed by atoms with Crippen molar-refractivity contribution in [1.29, 1.82) is 0 Å². The summed E-state index contributed by atoms with van der Waals surface area (Å²) < 4.78 is 1.56. The van der Waals surface area contributed by atoms with E-state index in [2.05, 4.69) is 4.98 Å². The van der Waals surface area contributed by atoms with E-state index in [0.717, 1.165) is 5.56 Å². The Balaban J connectivity index is 2.10. The fourth-order valence-corrected chi connectivity index (χ4v) is 3.71. The van der Waals surface area contributed by atoms with Gasteiger partial charge in [0.1, 0.15) is 10.7 Å². The highest BCUT2D eigenvalue weighted by Gasteiger charge is 2.17. The average molecular weight is 434 g/mol. The average Bonchev–Trinajstić information content (AvgIpc) is 2.75. The Morgan fingerprint density at radius 3 is 2.42 bits per heavy atom. The van der Waals surface area contributed by atoms with Crippen LogP contribution in [0.2, 0.25) is 5.02 Å². The third-order valence-corrected chi connectivity index (χ3v) is 5.38. The molecule has 1 aromatic carbocycles. The molecule has 0 fully saturated rings. The molecule has 3 aromatic heterocycles. The first-order chi connectivity index (χ1) is 14.8. The molecule has 0 amide bonds. The van der Waals surface area contributed by atoms with Crippen LogP contribution in [0.5, 0.6) is 0 Å². The van der Waals surface area contributed by atoms with Gasteiger partial charge in [-0.15, -0.1) is 0 Å². The van der Waals surface area contributed by atoms with Crippen LogP contribution in [0.25, 0.3) is 33.4 Å².